The molecule has 0 spiro atoms. The van der Waals surface area contributed by atoms with E-state index in [0.717, 1.165) is 13.0 Å². The number of carbonyl (C=O) groups excluding carboxylic acids is 1. The molecule has 1 N–H and O–H groups in total. The number of carbonyl (C=O) groups is 1. The van der Waals surface area contributed by atoms with E-state index in [2.05, 4.69) is 0 Å². The summed E-state index contributed by atoms with van der Waals surface area (Å²) in [6.45, 7) is 1.94. The fourth-order valence-electron chi connectivity index (χ4n) is 2.39. The first kappa shape index (κ1) is 10.9. The molecule has 3 unspecified atom stereocenters. The predicted octanol–water partition coefficient (Wildman–Crippen LogP) is -0.617. The molecule has 5 heteroatoms. The van der Waals surface area contributed by atoms with Crippen molar-refractivity contribution in [1.82, 2.24) is 4.90 Å². The van der Waals surface area contributed by atoms with Crippen molar-refractivity contribution in [3.63, 3.8) is 0 Å². The second kappa shape index (κ2) is 4.47. The quantitative estimate of drug-likeness (QED) is 0.622. The number of likely N-dealkylation sites (tertiary alicyclic amines) is 1. The van der Waals surface area contributed by atoms with Crippen LogP contribution in [-0.2, 0) is 14.3 Å². The fraction of sp³-hybridized carbons (Fsp3) is 0.900. The van der Waals surface area contributed by atoms with Crippen molar-refractivity contribution in [2.45, 2.75) is 31.0 Å². The van der Waals surface area contributed by atoms with E-state index >= 15 is 0 Å². The summed E-state index contributed by atoms with van der Waals surface area (Å²) in [5.41, 5.74) is 0. The lowest BCUT2D eigenvalue weighted by Gasteiger charge is -2.27. The van der Waals surface area contributed by atoms with Gasteiger partial charge in [0.25, 0.3) is 0 Å². The van der Waals surface area contributed by atoms with Gasteiger partial charge in [-0.1, -0.05) is 0 Å². The first-order chi connectivity index (χ1) is 7.22. The molecule has 0 aromatic rings. The molecule has 0 saturated carbocycles. The van der Waals surface area contributed by atoms with Crippen LogP contribution in [0.15, 0.2) is 0 Å². The van der Waals surface area contributed by atoms with Gasteiger partial charge in [-0.15, -0.1) is 0 Å². The molecule has 2 aliphatic rings. The number of β-amino-alcohol motifs (C(OH)–C–C–N with tert-alkyl or cyclic N) is 1. The molecule has 0 aromatic heterocycles. The van der Waals surface area contributed by atoms with Gasteiger partial charge in [-0.2, -0.15) is 0 Å². The smallest absolute Gasteiger partial charge is 0.323 e. The molecule has 2 rings (SSSR count). The molecule has 0 radical (unpaired) electrons. The normalized spacial score (nSPS) is 37.1. The third-order valence-corrected chi connectivity index (χ3v) is 3.17. The first-order valence-corrected chi connectivity index (χ1v) is 5.31. The Labute approximate surface area is 89.0 Å². The fourth-order valence-corrected chi connectivity index (χ4v) is 2.39. The summed E-state index contributed by atoms with van der Waals surface area (Å²) in [7, 11) is 1.39. The number of hydrogen-bond donors (Lipinski definition) is 1. The van der Waals surface area contributed by atoms with Crippen molar-refractivity contribution in [2.75, 3.05) is 26.9 Å². The topological polar surface area (TPSA) is 59.0 Å². The van der Waals surface area contributed by atoms with Gasteiger partial charge in [0, 0.05) is 25.6 Å². The number of ether oxygens (including phenoxy) is 2. The van der Waals surface area contributed by atoms with E-state index in [9.17, 15) is 9.90 Å². The number of hydrogen-bond acceptors (Lipinski definition) is 5. The van der Waals surface area contributed by atoms with E-state index in [1.165, 1.54) is 7.11 Å². The summed E-state index contributed by atoms with van der Waals surface area (Å²) in [6, 6.07) is -0.0389. The molecule has 86 valence electrons. The third-order valence-electron chi connectivity index (χ3n) is 3.17. The highest BCUT2D eigenvalue weighted by molar-refractivity contribution is 5.76. The summed E-state index contributed by atoms with van der Waals surface area (Å²) in [5.74, 6) is -0.251. The molecular formula is C10H17NO4. The van der Waals surface area contributed by atoms with Crippen LogP contribution in [0.4, 0.5) is 0 Å². The average Bonchev–Trinajstić information content (AvgIpc) is 2.84. The van der Waals surface area contributed by atoms with Crippen LogP contribution in [0, 0.1) is 0 Å². The van der Waals surface area contributed by atoms with E-state index in [0.29, 0.717) is 19.6 Å². The molecule has 0 bridgehead atoms. The molecule has 0 aromatic carbocycles. The monoisotopic (exact) mass is 215 g/mol. The Bertz CT molecular complexity index is 240. The average molecular weight is 215 g/mol. The Hall–Kier alpha value is -0.650. The molecular weight excluding hydrogens is 198 g/mol. The summed E-state index contributed by atoms with van der Waals surface area (Å²) in [5, 5.41) is 9.58. The molecule has 5 nitrogen and oxygen atoms in total. The summed E-state index contributed by atoms with van der Waals surface area (Å²) >= 11 is 0. The predicted molar refractivity (Wildman–Crippen MR) is 52.4 cm³/mol. The molecule has 3 atom stereocenters. The van der Waals surface area contributed by atoms with Gasteiger partial charge in [0.15, 0.2) is 0 Å². The van der Waals surface area contributed by atoms with Gasteiger partial charge in [0.05, 0.1) is 19.8 Å². The van der Waals surface area contributed by atoms with Crippen LogP contribution >= 0.6 is 0 Å². The maximum atomic E-state index is 11.5. The molecule has 0 aliphatic carbocycles. The zero-order valence-corrected chi connectivity index (χ0v) is 8.89. The van der Waals surface area contributed by atoms with Crippen molar-refractivity contribution in [2.24, 2.45) is 0 Å². The van der Waals surface area contributed by atoms with Crippen LogP contribution in [0.3, 0.4) is 0 Å². The summed E-state index contributed by atoms with van der Waals surface area (Å²) in [4.78, 5) is 13.5. The van der Waals surface area contributed by atoms with Crippen LogP contribution in [0.5, 0.6) is 0 Å². The zero-order valence-electron chi connectivity index (χ0n) is 8.89. The highest BCUT2D eigenvalue weighted by atomic mass is 16.5. The van der Waals surface area contributed by atoms with Gasteiger partial charge >= 0.3 is 5.97 Å². The van der Waals surface area contributed by atoms with Crippen molar-refractivity contribution < 1.29 is 19.4 Å². The standard InChI is InChI=1S/C10H17NO4/c1-14-10(13)9-4-8(12)5-11(9)7-2-3-15-6-7/h7-9,12H,2-6H2,1H3. The Morgan fingerprint density at radius 1 is 1.60 bits per heavy atom. The Balaban J connectivity index is 2.03. The van der Waals surface area contributed by atoms with Crippen molar-refractivity contribution in [3.8, 4) is 0 Å². The van der Waals surface area contributed by atoms with Crippen molar-refractivity contribution in [1.29, 1.82) is 0 Å². The van der Waals surface area contributed by atoms with Gasteiger partial charge in [0.2, 0.25) is 0 Å². The van der Waals surface area contributed by atoms with Crippen LogP contribution in [-0.4, -0.2) is 61.0 Å². The molecule has 2 aliphatic heterocycles. The second-order valence-corrected chi connectivity index (χ2v) is 4.14. The highest BCUT2D eigenvalue weighted by Crippen LogP contribution is 2.25. The number of aliphatic hydroxyl groups is 1. The first-order valence-electron chi connectivity index (χ1n) is 5.31. The number of rotatable bonds is 2. The van der Waals surface area contributed by atoms with E-state index in [-0.39, 0.29) is 18.1 Å². The lowest BCUT2D eigenvalue weighted by atomic mass is 10.1. The summed E-state index contributed by atoms with van der Waals surface area (Å²) < 4.78 is 10.0. The number of esters is 1. The van der Waals surface area contributed by atoms with Gasteiger partial charge in [-0.25, -0.2) is 0 Å². The van der Waals surface area contributed by atoms with E-state index in [1.807, 2.05) is 4.90 Å². The minimum atomic E-state index is -0.422. The molecule has 2 heterocycles. The Kier molecular flexibility index (Phi) is 3.23. The molecule has 0 amide bonds. The highest BCUT2D eigenvalue weighted by Gasteiger charge is 2.41. The van der Waals surface area contributed by atoms with Gasteiger partial charge in [-0.05, 0) is 6.42 Å². The van der Waals surface area contributed by atoms with Gasteiger partial charge < -0.3 is 14.6 Å². The lowest BCUT2D eigenvalue weighted by Crippen LogP contribution is -2.44. The minimum absolute atomic E-state index is 0.251. The maximum Gasteiger partial charge on any atom is 0.323 e. The van der Waals surface area contributed by atoms with E-state index in [4.69, 9.17) is 9.47 Å². The van der Waals surface area contributed by atoms with Gasteiger partial charge in [-0.3, -0.25) is 9.69 Å². The summed E-state index contributed by atoms with van der Waals surface area (Å²) in [6.07, 6.45) is 0.985. The number of aliphatic hydroxyl groups excluding tert-OH is 1. The molecule has 15 heavy (non-hydrogen) atoms. The second-order valence-electron chi connectivity index (χ2n) is 4.14. The van der Waals surface area contributed by atoms with Crippen LogP contribution in [0.25, 0.3) is 0 Å². The van der Waals surface area contributed by atoms with Crippen LogP contribution < -0.4 is 0 Å². The van der Waals surface area contributed by atoms with Crippen molar-refractivity contribution >= 4 is 5.97 Å². The Morgan fingerprint density at radius 3 is 3.00 bits per heavy atom. The van der Waals surface area contributed by atoms with Gasteiger partial charge in [0.1, 0.15) is 6.04 Å². The third kappa shape index (κ3) is 2.14. The van der Waals surface area contributed by atoms with E-state index in [1.54, 1.807) is 0 Å². The molecule has 2 saturated heterocycles. The van der Waals surface area contributed by atoms with Crippen molar-refractivity contribution in [3.05, 3.63) is 0 Å². The lowest BCUT2D eigenvalue weighted by molar-refractivity contribution is -0.146. The number of nitrogens with zero attached hydrogens (tertiary/aromatic N) is 1. The van der Waals surface area contributed by atoms with Crippen LogP contribution in [0.2, 0.25) is 0 Å². The maximum absolute atomic E-state index is 11.5. The van der Waals surface area contributed by atoms with E-state index < -0.39 is 6.10 Å². The Morgan fingerprint density at radius 2 is 2.40 bits per heavy atom. The zero-order chi connectivity index (χ0) is 10.8. The SMILES string of the molecule is COC(=O)C1CC(O)CN1C1CCOC1. The number of methoxy groups -OCH3 is 1. The van der Waals surface area contributed by atoms with Crippen LogP contribution in [0.1, 0.15) is 12.8 Å². The minimum Gasteiger partial charge on any atom is -0.468 e. The molecule has 2 fully saturated rings. The largest absolute Gasteiger partial charge is 0.468 e.